The van der Waals surface area contributed by atoms with Crippen LogP contribution >= 0.6 is 0 Å². The van der Waals surface area contributed by atoms with Crippen LogP contribution in [0.25, 0.3) is 0 Å². The summed E-state index contributed by atoms with van der Waals surface area (Å²) in [6.07, 6.45) is 3.70. The minimum Gasteiger partial charge on any atom is -0.350 e. The van der Waals surface area contributed by atoms with Crippen LogP contribution in [0.4, 0.5) is 5.69 Å². The molecule has 0 saturated heterocycles. The zero-order chi connectivity index (χ0) is 18.5. The molecule has 2 aromatic carbocycles. The Morgan fingerprint density at radius 1 is 1.08 bits per heavy atom. The van der Waals surface area contributed by atoms with E-state index in [-0.39, 0.29) is 23.8 Å². The van der Waals surface area contributed by atoms with Gasteiger partial charge < -0.3 is 10.2 Å². The average molecular weight is 350 g/mol. The van der Waals surface area contributed by atoms with E-state index < -0.39 is 0 Å². The molecular formula is C22H26N2O2. The molecule has 4 nitrogen and oxygen atoms in total. The molecule has 1 aliphatic rings. The van der Waals surface area contributed by atoms with Crippen molar-refractivity contribution in [2.24, 2.45) is 5.92 Å². The minimum absolute atomic E-state index is 0.0557. The van der Waals surface area contributed by atoms with Gasteiger partial charge in [0.05, 0.1) is 11.3 Å². The van der Waals surface area contributed by atoms with Gasteiger partial charge in [-0.1, -0.05) is 42.5 Å². The number of nitrogens with zero attached hydrogens (tertiary/aromatic N) is 1. The Morgan fingerprint density at radius 2 is 1.73 bits per heavy atom. The van der Waals surface area contributed by atoms with E-state index in [1.165, 1.54) is 5.56 Å². The second-order valence-electron chi connectivity index (χ2n) is 7.09. The second-order valence-corrected chi connectivity index (χ2v) is 7.09. The fourth-order valence-corrected chi connectivity index (χ4v) is 3.08. The van der Waals surface area contributed by atoms with Crippen LogP contribution in [-0.2, 0) is 11.2 Å². The average Bonchev–Trinajstić information content (AvgIpc) is 3.51. The number of aryl methyl sites for hydroxylation is 1. The second kappa shape index (κ2) is 8.17. The van der Waals surface area contributed by atoms with Crippen LogP contribution in [0.3, 0.4) is 0 Å². The van der Waals surface area contributed by atoms with Crippen molar-refractivity contribution in [2.45, 2.75) is 38.6 Å². The zero-order valence-electron chi connectivity index (χ0n) is 15.4. The van der Waals surface area contributed by atoms with E-state index in [4.69, 9.17) is 0 Å². The van der Waals surface area contributed by atoms with E-state index in [1.807, 2.05) is 43.3 Å². The van der Waals surface area contributed by atoms with Crippen molar-refractivity contribution in [3.05, 3.63) is 65.7 Å². The Bertz CT molecular complexity index is 769. The fraction of sp³-hybridized carbons (Fsp3) is 0.364. The highest BCUT2D eigenvalue weighted by atomic mass is 16.2. The third-order valence-electron chi connectivity index (χ3n) is 4.85. The molecule has 0 unspecified atom stereocenters. The number of nitrogens with one attached hydrogen (secondary N) is 1. The standard InChI is InChI=1S/C22H26N2O2/c1-16(12-13-17-8-4-3-5-9-17)23-21(25)19-10-6-7-11-20(19)24(2)22(26)18-14-15-18/h3-11,16,18H,12-15H2,1-2H3,(H,23,25)/t16-/m0/s1. The van der Waals surface area contributed by atoms with Crippen LogP contribution in [-0.4, -0.2) is 24.9 Å². The van der Waals surface area contributed by atoms with Crippen molar-refractivity contribution in [3.8, 4) is 0 Å². The lowest BCUT2D eigenvalue weighted by atomic mass is 10.1. The number of carbonyl (C=O) groups is 2. The lowest BCUT2D eigenvalue weighted by Gasteiger charge is -2.21. The highest BCUT2D eigenvalue weighted by Gasteiger charge is 2.33. The number of hydrogen-bond donors (Lipinski definition) is 1. The van der Waals surface area contributed by atoms with Crippen LogP contribution in [0.1, 0.15) is 42.1 Å². The quantitative estimate of drug-likeness (QED) is 0.825. The summed E-state index contributed by atoms with van der Waals surface area (Å²) in [4.78, 5) is 26.7. The predicted molar refractivity (Wildman–Crippen MR) is 104 cm³/mol. The van der Waals surface area contributed by atoms with Crippen molar-refractivity contribution in [3.63, 3.8) is 0 Å². The van der Waals surface area contributed by atoms with Gasteiger partial charge in [0.2, 0.25) is 5.91 Å². The SMILES string of the molecule is C[C@@H](CCc1ccccc1)NC(=O)c1ccccc1N(C)C(=O)C1CC1. The van der Waals surface area contributed by atoms with Gasteiger partial charge in [0.1, 0.15) is 0 Å². The highest BCUT2D eigenvalue weighted by Crippen LogP contribution is 2.33. The number of carbonyl (C=O) groups excluding carboxylic acids is 2. The van der Waals surface area contributed by atoms with Gasteiger partial charge in [-0.3, -0.25) is 9.59 Å². The van der Waals surface area contributed by atoms with Gasteiger partial charge >= 0.3 is 0 Å². The van der Waals surface area contributed by atoms with E-state index in [2.05, 4.69) is 17.4 Å². The summed E-state index contributed by atoms with van der Waals surface area (Å²) in [6, 6.07) is 17.6. The monoisotopic (exact) mass is 350 g/mol. The minimum atomic E-state index is -0.128. The van der Waals surface area contributed by atoms with Crippen molar-refractivity contribution in [1.82, 2.24) is 5.32 Å². The van der Waals surface area contributed by atoms with Crippen LogP contribution in [0.5, 0.6) is 0 Å². The van der Waals surface area contributed by atoms with Gasteiger partial charge in [-0.05, 0) is 50.3 Å². The van der Waals surface area contributed by atoms with E-state index >= 15 is 0 Å². The largest absolute Gasteiger partial charge is 0.350 e. The van der Waals surface area contributed by atoms with Gasteiger partial charge in [0.15, 0.2) is 0 Å². The molecule has 0 heterocycles. The summed E-state index contributed by atoms with van der Waals surface area (Å²) in [6.45, 7) is 2.02. The van der Waals surface area contributed by atoms with E-state index in [0.717, 1.165) is 25.7 Å². The molecule has 1 atom stereocenters. The molecule has 0 aliphatic heterocycles. The topological polar surface area (TPSA) is 49.4 Å². The fourth-order valence-electron chi connectivity index (χ4n) is 3.08. The molecule has 1 aliphatic carbocycles. The predicted octanol–water partition coefficient (Wildman–Crippen LogP) is 3.81. The number of anilines is 1. The van der Waals surface area contributed by atoms with Crippen LogP contribution in [0, 0.1) is 5.92 Å². The Hall–Kier alpha value is -2.62. The lowest BCUT2D eigenvalue weighted by Crippen LogP contribution is -2.35. The molecule has 1 N–H and O–H groups in total. The highest BCUT2D eigenvalue weighted by molar-refractivity contribution is 6.05. The third-order valence-corrected chi connectivity index (χ3v) is 4.85. The number of benzene rings is 2. The first-order valence-electron chi connectivity index (χ1n) is 9.27. The molecular weight excluding hydrogens is 324 g/mol. The van der Waals surface area contributed by atoms with E-state index in [9.17, 15) is 9.59 Å². The van der Waals surface area contributed by atoms with Crippen LogP contribution in [0.15, 0.2) is 54.6 Å². The molecule has 4 heteroatoms. The first-order valence-corrected chi connectivity index (χ1v) is 9.27. The Morgan fingerprint density at radius 3 is 2.42 bits per heavy atom. The van der Waals surface area contributed by atoms with Gasteiger partial charge in [0, 0.05) is 19.0 Å². The Kier molecular flexibility index (Phi) is 5.71. The first-order chi connectivity index (χ1) is 12.6. The van der Waals surface area contributed by atoms with Gasteiger partial charge in [-0.15, -0.1) is 0 Å². The van der Waals surface area contributed by atoms with Gasteiger partial charge in [-0.25, -0.2) is 0 Å². The molecule has 0 bridgehead atoms. The maximum atomic E-state index is 12.8. The first kappa shape index (κ1) is 18.2. The smallest absolute Gasteiger partial charge is 0.253 e. The number of hydrogen-bond acceptors (Lipinski definition) is 2. The normalized spacial score (nSPS) is 14.5. The summed E-state index contributed by atoms with van der Waals surface area (Å²) in [5.74, 6) is 0.0971. The molecule has 3 rings (SSSR count). The van der Waals surface area contributed by atoms with Crippen molar-refractivity contribution >= 4 is 17.5 Å². The van der Waals surface area contributed by atoms with E-state index in [0.29, 0.717) is 11.3 Å². The van der Waals surface area contributed by atoms with Crippen LogP contribution in [0.2, 0.25) is 0 Å². The molecule has 26 heavy (non-hydrogen) atoms. The molecule has 0 spiro atoms. The summed E-state index contributed by atoms with van der Waals surface area (Å²) in [7, 11) is 1.76. The molecule has 1 saturated carbocycles. The zero-order valence-corrected chi connectivity index (χ0v) is 15.4. The summed E-state index contributed by atoms with van der Waals surface area (Å²) in [5, 5.41) is 3.07. The summed E-state index contributed by atoms with van der Waals surface area (Å²) in [5.41, 5.74) is 2.50. The lowest BCUT2D eigenvalue weighted by molar-refractivity contribution is -0.119. The Balaban J connectivity index is 1.63. The van der Waals surface area contributed by atoms with E-state index in [1.54, 1.807) is 18.0 Å². The van der Waals surface area contributed by atoms with Crippen molar-refractivity contribution in [2.75, 3.05) is 11.9 Å². The van der Waals surface area contributed by atoms with Gasteiger partial charge in [-0.2, -0.15) is 0 Å². The molecule has 136 valence electrons. The maximum Gasteiger partial charge on any atom is 0.253 e. The van der Waals surface area contributed by atoms with Crippen molar-refractivity contribution < 1.29 is 9.59 Å². The van der Waals surface area contributed by atoms with Crippen LogP contribution < -0.4 is 10.2 Å². The molecule has 2 amide bonds. The molecule has 1 fully saturated rings. The number of rotatable bonds is 7. The Labute approximate surface area is 155 Å². The molecule has 0 aromatic heterocycles. The summed E-state index contributed by atoms with van der Waals surface area (Å²) < 4.78 is 0. The summed E-state index contributed by atoms with van der Waals surface area (Å²) >= 11 is 0. The maximum absolute atomic E-state index is 12.8. The number of amides is 2. The van der Waals surface area contributed by atoms with Crippen molar-refractivity contribution in [1.29, 1.82) is 0 Å². The number of para-hydroxylation sites is 1. The molecule has 2 aromatic rings. The third kappa shape index (κ3) is 4.51. The van der Waals surface area contributed by atoms with Gasteiger partial charge in [0.25, 0.3) is 5.91 Å². The molecule has 0 radical (unpaired) electrons.